The van der Waals surface area contributed by atoms with Gasteiger partial charge in [0.25, 0.3) is 5.91 Å². The van der Waals surface area contributed by atoms with Crippen LogP contribution >= 0.6 is 0 Å². The molecule has 4 heteroatoms. The summed E-state index contributed by atoms with van der Waals surface area (Å²) >= 11 is 0. The van der Waals surface area contributed by atoms with Crippen LogP contribution in [0.4, 0.5) is 5.69 Å². The molecule has 21 heavy (non-hydrogen) atoms. The van der Waals surface area contributed by atoms with Crippen LogP contribution in [0.25, 0.3) is 10.8 Å². The molecule has 0 saturated carbocycles. The Labute approximate surface area is 122 Å². The van der Waals surface area contributed by atoms with Crippen LogP contribution in [0.5, 0.6) is 0 Å². The summed E-state index contributed by atoms with van der Waals surface area (Å²) < 4.78 is 2.04. The van der Waals surface area contributed by atoms with Gasteiger partial charge in [0, 0.05) is 36.4 Å². The van der Waals surface area contributed by atoms with E-state index in [2.05, 4.69) is 17.1 Å². The van der Waals surface area contributed by atoms with Gasteiger partial charge in [-0.1, -0.05) is 24.3 Å². The highest BCUT2D eigenvalue weighted by Crippen LogP contribution is 2.37. The van der Waals surface area contributed by atoms with Gasteiger partial charge in [-0.15, -0.1) is 0 Å². The highest BCUT2D eigenvalue weighted by Gasteiger charge is 2.28. The Morgan fingerprint density at radius 1 is 1.05 bits per heavy atom. The maximum atomic E-state index is 12.6. The molecule has 0 aliphatic carbocycles. The van der Waals surface area contributed by atoms with E-state index in [9.17, 15) is 4.79 Å². The van der Waals surface area contributed by atoms with Gasteiger partial charge in [0.2, 0.25) is 0 Å². The molecule has 0 spiro atoms. The Kier molecular flexibility index (Phi) is 2.74. The molecule has 0 unspecified atom stereocenters. The Bertz CT molecular complexity index is 803. The monoisotopic (exact) mass is 277 g/mol. The third kappa shape index (κ3) is 1.91. The highest BCUT2D eigenvalue weighted by atomic mass is 16.2. The Balaban J connectivity index is 1.60. The lowest BCUT2D eigenvalue weighted by molar-refractivity contribution is 0.0992. The van der Waals surface area contributed by atoms with E-state index in [0.29, 0.717) is 0 Å². The number of aryl methyl sites for hydroxylation is 1. The summed E-state index contributed by atoms with van der Waals surface area (Å²) in [5.41, 5.74) is 1.87. The molecule has 4 rings (SSSR count). The van der Waals surface area contributed by atoms with Gasteiger partial charge in [0.15, 0.2) is 0 Å². The van der Waals surface area contributed by atoms with Gasteiger partial charge < -0.3 is 9.47 Å². The second-order valence-corrected chi connectivity index (χ2v) is 5.29. The first kappa shape index (κ1) is 12.1. The van der Waals surface area contributed by atoms with Crippen molar-refractivity contribution in [3.8, 4) is 0 Å². The minimum atomic E-state index is 0.118. The van der Waals surface area contributed by atoms with Crippen molar-refractivity contribution in [1.29, 1.82) is 0 Å². The number of nitrogens with zero attached hydrogens (tertiary/aromatic N) is 3. The summed E-state index contributed by atoms with van der Waals surface area (Å²) in [6.07, 6.45) is 6.44. The molecular formula is C17H15N3O. The summed E-state index contributed by atoms with van der Waals surface area (Å²) in [5, 5.41) is 2.23. The van der Waals surface area contributed by atoms with Crippen molar-refractivity contribution in [2.75, 3.05) is 11.4 Å². The summed E-state index contributed by atoms with van der Waals surface area (Å²) in [7, 11) is 0. The van der Waals surface area contributed by atoms with Crippen LogP contribution in [0.3, 0.4) is 0 Å². The molecule has 1 aliphatic rings. The van der Waals surface area contributed by atoms with Gasteiger partial charge >= 0.3 is 0 Å². The second kappa shape index (κ2) is 4.74. The lowest BCUT2D eigenvalue weighted by atomic mass is 10.1. The third-order valence-electron chi connectivity index (χ3n) is 4.01. The lowest BCUT2D eigenvalue weighted by Gasteiger charge is -2.17. The number of aromatic nitrogens is 2. The maximum absolute atomic E-state index is 12.6. The largest absolute Gasteiger partial charge is 0.337 e. The minimum Gasteiger partial charge on any atom is -0.337 e. The van der Waals surface area contributed by atoms with E-state index in [1.54, 1.807) is 12.5 Å². The number of anilines is 1. The first-order valence-electron chi connectivity index (χ1n) is 7.14. The van der Waals surface area contributed by atoms with Crippen LogP contribution in [0.2, 0.25) is 0 Å². The normalized spacial score (nSPS) is 13.3. The first-order valence-corrected chi connectivity index (χ1v) is 7.14. The van der Waals surface area contributed by atoms with Crippen molar-refractivity contribution < 1.29 is 4.79 Å². The fraction of sp³-hybridized carbons (Fsp3) is 0.176. The highest BCUT2D eigenvalue weighted by molar-refractivity contribution is 6.24. The van der Waals surface area contributed by atoms with E-state index in [-0.39, 0.29) is 5.91 Å². The number of benzene rings is 2. The first-order chi connectivity index (χ1) is 10.3. The van der Waals surface area contributed by atoms with Gasteiger partial charge in [0.1, 0.15) is 0 Å². The molecule has 2 heterocycles. The molecule has 1 aliphatic heterocycles. The van der Waals surface area contributed by atoms with E-state index < -0.39 is 0 Å². The molecule has 0 radical (unpaired) electrons. The van der Waals surface area contributed by atoms with Crippen molar-refractivity contribution in [3.63, 3.8) is 0 Å². The van der Waals surface area contributed by atoms with Crippen molar-refractivity contribution in [2.24, 2.45) is 0 Å². The molecule has 0 fully saturated rings. The predicted molar refractivity (Wildman–Crippen MR) is 82.5 cm³/mol. The molecule has 1 amide bonds. The van der Waals surface area contributed by atoms with Crippen molar-refractivity contribution in [3.05, 3.63) is 60.7 Å². The minimum absolute atomic E-state index is 0.118. The van der Waals surface area contributed by atoms with E-state index in [1.165, 1.54) is 0 Å². The number of hydrogen-bond donors (Lipinski definition) is 0. The third-order valence-corrected chi connectivity index (χ3v) is 4.01. The SMILES string of the molecule is O=C1c2cccc3cccc(c23)N1CCCn1ccnc1. The molecule has 0 atom stereocenters. The summed E-state index contributed by atoms with van der Waals surface area (Å²) in [6, 6.07) is 12.0. The fourth-order valence-electron chi connectivity index (χ4n) is 3.03. The number of carbonyl (C=O) groups is 1. The molecule has 0 saturated heterocycles. The van der Waals surface area contributed by atoms with E-state index in [1.807, 2.05) is 39.9 Å². The fourth-order valence-corrected chi connectivity index (χ4v) is 3.03. The molecule has 0 bridgehead atoms. The number of rotatable bonds is 4. The van der Waals surface area contributed by atoms with Crippen LogP contribution in [-0.4, -0.2) is 22.0 Å². The maximum Gasteiger partial charge on any atom is 0.258 e. The van der Waals surface area contributed by atoms with E-state index in [4.69, 9.17) is 0 Å². The standard InChI is InChI=1S/C17H15N3O/c21-17-14-6-1-4-13-5-2-7-15(16(13)14)20(17)10-3-9-19-11-8-18-12-19/h1-2,4-8,11-12H,3,9-10H2. The summed E-state index contributed by atoms with van der Waals surface area (Å²) in [6.45, 7) is 1.60. The zero-order chi connectivity index (χ0) is 14.2. The van der Waals surface area contributed by atoms with Crippen LogP contribution < -0.4 is 4.90 Å². The Morgan fingerprint density at radius 2 is 1.90 bits per heavy atom. The van der Waals surface area contributed by atoms with Crippen molar-refractivity contribution in [2.45, 2.75) is 13.0 Å². The van der Waals surface area contributed by atoms with Crippen LogP contribution in [0.1, 0.15) is 16.8 Å². The average molecular weight is 277 g/mol. The topological polar surface area (TPSA) is 38.1 Å². The summed E-state index contributed by atoms with van der Waals surface area (Å²) in [5.74, 6) is 0.118. The average Bonchev–Trinajstić information content (AvgIpc) is 3.11. The summed E-state index contributed by atoms with van der Waals surface area (Å²) in [4.78, 5) is 18.5. The Morgan fingerprint density at radius 3 is 2.71 bits per heavy atom. The Hall–Kier alpha value is -2.62. The van der Waals surface area contributed by atoms with Crippen LogP contribution in [-0.2, 0) is 6.54 Å². The molecular weight excluding hydrogens is 262 g/mol. The van der Waals surface area contributed by atoms with Gasteiger partial charge in [-0.2, -0.15) is 0 Å². The zero-order valence-electron chi connectivity index (χ0n) is 11.6. The second-order valence-electron chi connectivity index (χ2n) is 5.29. The molecule has 4 nitrogen and oxygen atoms in total. The van der Waals surface area contributed by atoms with Gasteiger partial charge in [-0.25, -0.2) is 4.98 Å². The number of carbonyl (C=O) groups excluding carboxylic acids is 1. The zero-order valence-corrected chi connectivity index (χ0v) is 11.6. The molecule has 104 valence electrons. The molecule has 3 aromatic rings. The molecule has 2 aromatic carbocycles. The van der Waals surface area contributed by atoms with Gasteiger partial charge in [-0.3, -0.25) is 4.79 Å². The van der Waals surface area contributed by atoms with Gasteiger partial charge in [-0.05, 0) is 23.9 Å². The van der Waals surface area contributed by atoms with Crippen molar-refractivity contribution in [1.82, 2.24) is 9.55 Å². The van der Waals surface area contributed by atoms with Crippen LogP contribution in [0, 0.1) is 0 Å². The predicted octanol–water partition coefficient (Wildman–Crippen LogP) is 3.09. The number of hydrogen-bond acceptors (Lipinski definition) is 2. The van der Waals surface area contributed by atoms with E-state index in [0.717, 1.165) is 41.5 Å². The van der Waals surface area contributed by atoms with E-state index >= 15 is 0 Å². The molecule has 1 aromatic heterocycles. The number of amides is 1. The van der Waals surface area contributed by atoms with Crippen molar-refractivity contribution >= 4 is 22.4 Å². The number of imidazole rings is 1. The lowest BCUT2D eigenvalue weighted by Crippen LogP contribution is -2.28. The van der Waals surface area contributed by atoms with Gasteiger partial charge in [0.05, 0.1) is 12.0 Å². The van der Waals surface area contributed by atoms with Crippen LogP contribution in [0.15, 0.2) is 55.1 Å². The molecule has 0 N–H and O–H groups in total. The smallest absolute Gasteiger partial charge is 0.258 e. The quantitative estimate of drug-likeness (QED) is 0.735.